The highest BCUT2D eigenvalue weighted by atomic mass is 35.5. The van der Waals surface area contributed by atoms with Crippen molar-refractivity contribution in [1.82, 2.24) is 19.9 Å². The van der Waals surface area contributed by atoms with E-state index in [1.807, 2.05) is 60.7 Å². The monoisotopic (exact) mass is 527 g/mol. The molecule has 0 saturated carbocycles. The molecule has 6 rings (SSSR count). The number of benzene rings is 3. The molecule has 3 heterocycles. The van der Waals surface area contributed by atoms with Crippen molar-refractivity contribution >= 4 is 61.2 Å². The lowest BCUT2D eigenvalue weighted by atomic mass is 9.97. The summed E-state index contributed by atoms with van der Waals surface area (Å²) in [4.78, 5) is 18.7. The lowest BCUT2D eigenvalue weighted by Crippen LogP contribution is -2.15. The van der Waals surface area contributed by atoms with Gasteiger partial charge in [0.05, 0.1) is 16.8 Å². The molecule has 0 aliphatic rings. The van der Waals surface area contributed by atoms with Crippen LogP contribution < -0.4 is 5.56 Å². The first-order valence-corrected chi connectivity index (χ1v) is 12.5. The number of nitrogens with zero attached hydrogens (tertiary/aromatic N) is 5. The molecular formula is C27H15Cl2N5OS. The molecule has 0 saturated heterocycles. The number of hydrogen-bond donors (Lipinski definition) is 0. The van der Waals surface area contributed by atoms with Crippen LogP contribution in [0.1, 0.15) is 5.56 Å². The van der Waals surface area contributed by atoms with Crippen LogP contribution in [0.25, 0.3) is 42.8 Å². The van der Waals surface area contributed by atoms with E-state index in [1.165, 1.54) is 28.6 Å². The second kappa shape index (κ2) is 9.28. The van der Waals surface area contributed by atoms with Gasteiger partial charge in [0.2, 0.25) is 0 Å². The lowest BCUT2D eigenvalue weighted by molar-refractivity contribution is 0.819. The second-order valence-corrected chi connectivity index (χ2v) is 9.76. The highest BCUT2D eigenvalue weighted by Crippen LogP contribution is 2.41. The summed E-state index contributed by atoms with van der Waals surface area (Å²) in [6.07, 6.45) is 2.91. The van der Waals surface area contributed by atoms with Gasteiger partial charge in [0.1, 0.15) is 21.6 Å². The van der Waals surface area contributed by atoms with E-state index in [1.54, 1.807) is 18.2 Å². The SMILES string of the molecule is O=c1c2sc3nnc(-c4ccccc4)c(-c4ccccc4)c3c2ncn1/N=C\c1ccc(Cl)cc1Cl. The van der Waals surface area contributed by atoms with Gasteiger partial charge in [-0.1, -0.05) is 89.9 Å². The Labute approximate surface area is 219 Å². The summed E-state index contributed by atoms with van der Waals surface area (Å²) < 4.78 is 1.64. The molecule has 0 aliphatic carbocycles. The quantitative estimate of drug-likeness (QED) is 0.233. The Morgan fingerprint density at radius 2 is 1.61 bits per heavy atom. The molecule has 174 valence electrons. The predicted molar refractivity (Wildman–Crippen MR) is 147 cm³/mol. The van der Waals surface area contributed by atoms with Crippen molar-refractivity contribution in [2.45, 2.75) is 0 Å². The predicted octanol–water partition coefficient (Wildman–Crippen LogP) is 6.92. The minimum atomic E-state index is -0.301. The van der Waals surface area contributed by atoms with Crippen molar-refractivity contribution in [3.8, 4) is 22.4 Å². The van der Waals surface area contributed by atoms with E-state index in [9.17, 15) is 4.79 Å². The average molecular weight is 528 g/mol. The Morgan fingerprint density at radius 3 is 2.33 bits per heavy atom. The molecule has 3 aromatic heterocycles. The number of hydrogen-bond acceptors (Lipinski definition) is 6. The first-order valence-electron chi connectivity index (χ1n) is 10.9. The Morgan fingerprint density at radius 1 is 0.889 bits per heavy atom. The van der Waals surface area contributed by atoms with Crippen molar-refractivity contribution in [2.24, 2.45) is 5.10 Å². The minimum Gasteiger partial charge on any atom is -0.266 e. The standard InChI is InChI=1S/C27H15Cl2N5OS/c28-19-12-11-18(20(29)13-19)14-31-34-15-30-24-22-21(16-7-3-1-4-8-16)23(17-9-5-2-6-10-17)32-33-26(22)36-25(24)27(34)35/h1-15H/b31-14-. The number of fused-ring (bicyclic) bond motifs is 3. The molecule has 0 bridgehead atoms. The van der Waals surface area contributed by atoms with Crippen LogP contribution in [0.3, 0.4) is 0 Å². The van der Waals surface area contributed by atoms with Crippen LogP contribution in [0.4, 0.5) is 0 Å². The molecule has 6 aromatic rings. The first kappa shape index (κ1) is 22.5. The summed E-state index contributed by atoms with van der Waals surface area (Å²) in [7, 11) is 0. The Kier molecular flexibility index (Phi) is 5.81. The van der Waals surface area contributed by atoms with E-state index in [0.717, 1.165) is 27.8 Å². The number of thiophene rings is 1. The second-order valence-electron chi connectivity index (χ2n) is 7.92. The topological polar surface area (TPSA) is 73.0 Å². The third kappa shape index (κ3) is 3.97. The van der Waals surface area contributed by atoms with Crippen LogP contribution in [0.15, 0.2) is 95.1 Å². The van der Waals surface area contributed by atoms with E-state index < -0.39 is 0 Å². The van der Waals surface area contributed by atoms with Gasteiger partial charge in [-0.05, 0) is 17.7 Å². The zero-order valence-electron chi connectivity index (χ0n) is 18.5. The van der Waals surface area contributed by atoms with Gasteiger partial charge >= 0.3 is 0 Å². The van der Waals surface area contributed by atoms with Gasteiger partial charge in [0, 0.05) is 27.1 Å². The van der Waals surface area contributed by atoms with Crippen LogP contribution in [0.2, 0.25) is 10.0 Å². The maximum Gasteiger partial charge on any atom is 0.291 e. The highest BCUT2D eigenvalue weighted by molar-refractivity contribution is 7.25. The summed E-state index contributed by atoms with van der Waals surface area (Å²) >= 11 is 13.5. The van der Waals surface area contributed by atoms with Crippen LogP contribution in [-0.2, 0) is 0 Å². The van der Waals surface area contributed by atoms with Crippen LogP contribution in [0.5, 0.6) is 0 Å². The molecule has 0 fully saturated rings. The molecule has 0 aliphatic heterocycles. The molecule has 0 atom stereocenters. The number of halogens is 2. The van der Waals surface area contributed by atoms with Gasteiger partial charge in [-0.15, -0.1) is 21.5 Å². The maximum absolute atomic E-state index is 13.4. The van der Waals surface area contributed by atoms with Gasteiger partial charge in [-0.25, -0.2) is 4.98 Å². The summed E-state index contributed by atoms with van der Waals surface area (Å²) in [5.41, 5.74) is 4.43. The number of rotatable bonds is 4. The molecule has 0 N–H and O–H groups in total. The van der Waals surface area contributed by atoms with Crippen molar-refractivity contribution in [3.05, 3.63) is 111 Å². The van der Waals surface area contributed by atoms with Crippen LogP contribution in [-0.4, -0.2) is 26.1 Å². The third-order valence-electron chi connectivity index (χ3n) is 5.68. The van der Waals surface area contributed by atoms with E-state index in [2.05, 4.69) is 20.3 Å². The van der Waals surface area contributed by atoms with Gasteiger partial charge in [0.25, 0.3) is 5.56 Å². The molecule has 9 heteroatoms. The van der Waals surface area contributed by atoms with Crippen molar-refractivity contribution < 1.29 is 0 Å². The minimum absolute atomic E-state index is 0.301. The van der Waals surface area contributed by atoms with E-state index in [0.29, 0.717) is 30.7 Å². The highest BCUT2D eigenvalue weighted by Gasteiger charge is 2.21. The van der Waals surface area contributed by atoms with Gasteiger partial charge in [0.15, 0.2) is 0 Å². The number of aromatic nitrogens is 4. The van der Waals surface area contributed by atoms with Gasteiger partial charge < -0.3 is 0 Å². The molecule has 0 amide bonds. The lowest BCUT2D eigenvalue weighted by Gasteiger charge is -2.10. The van der Waals surface area contributed by atoms with Crippen molar-refractivity contribution in [3.63, 3.8) is 0 Å². The Bertz CT molecular complexity index is 1830. The molecule has 36 heavy (non-hydrogen) atoms. The largest absolute Gasteiger partial charge is 0.291 e. The normalized spacial score (nSPS) is 11.6. The smallest absolute Gasteiger partial charge is 0.266 e. The van der Waals surface area contributed by atoms with Gasteiger partial charge in [-0.3, -0.25) is 4.79 Å². The molecule has 6 nitrogen and oxygen atoms in total. The zero-order valence-corrected chi connectivity index (χ0v) is 20.8. The van der Waals surface area contributed by atoms with E-state index in [-0.39, 0.29) is 5.56 Å². The van der Waals surface area contributed by atoms with Gasteiger partial charge in [-0.2, -0.15) is 9.78 Å². The summed E-state index contributed by atoms with van der Waals surface area (Å²) in [6, 6.07) is 24.9. The summed E-state index contributed by atoms with van der Waals surface area (Å²) in [5.74, 6) is 0. The van der Waals surface area contributed by atoms with Crippen molar-refractivity contribution in [2.75, 3.05) is 0 Å². The fourth-order valence-corrected chi connectivity index (χ4v) is 5.47. The van der Waals surface area contributed by atoms with Crippen LogP contribution in [0, 0.1) is 0 Å². The fraction of sp³-hybridized carbons (Fsp3) is 0. The Balaban J connectivity index is 1.57. The fourth-order valence-electron chi connectivity index (χ4n) is 4.00. The molecular weight excluding hydrogens is 513 g/mol. The zero-order chi connectivity index (χ0) is 24.6. The average Bonchev–Trinajstić information content (AvgIpc) is 3.29. The first-order chi connectivity index (χ1) is 17.6. The van der Waals surface area contributed by atoms with Crippen molar-refractivity contribution in [1.29, 1.82) is 0 Å². The summed E-state index contributed by atoms with van der Waals surface area (Å²) in [5, 5.41) is 15.1. The molecule has 0 radical (unpaired) electrons. The van der Waals surface area contributed by atoms with E-state index >= 15 is 0 Å². The third-order valence-corrected chi connectivity index (χ3v) is 7.30. The van der Waals surface area contributed by atoms with E-state index in [4.69, 9.17) is 23.2 Å². The molecule has 3 aromatic carbocycles. The molecule has 0 spiro atoms. The summed E-state index contributed by atoms with van der Waals surface area (Å²) in [6.45, 7) is 0. The Hall–Kier alpha value is -3.91. The van der Waals surface area contributed by atoms with Crippen LogP contribution >= 0.6 is 34.5 Å². The molecule has 0 unspecified atom stereocenters. The maximum atomic E-state index is 13.4.